The number of carboxylic acid groups (broad SMARTS) is 1. The predicted molar refractivity (Wildman–Crippen MR) is 170 cm³/mol. The molecule has 7 heteroatoms. The van der Waals surface area contributed by atoms with Gasteiger partial charge in [-0.25, -0.2) is 4.79 Å². The third-order valence-electron chi connectivity index (χ3n) is 7.67. The molecule has 0 saturated heterocycles. The van der Waals surface area contributed by atoms with Crippen LogP contribution in [-0.2, 0) is 25.5 Å². The molecule has 0 aliphatic rings. The number of hydrogen-bond donors (Lipinski definition) is 3. The van der Waals surface area contributed by atoms with Crippen LogP contribution in [0.3, 0.4) is 0 Å². The molecule has 4 atom stereocenters. The van der Waals surface area contributed by atoms with Gasteiger partial charge in [0.15, 0.2) is 6.10 Å². The number of nitrogens with one attached hydrogen (secondary N) is 2. The average Bonchev–Trinajstić information content (AvgIpc) is 2.97. The highest BCUT2D eigenvalue weighted by atomic mass is 16.5. The van der Waals surface area contributed by atoms with Gasteiger partial charge in [0.25, 0.3) is 0 Å². The zero-order chi connectivity index (χ0) is 31.6. The summed E-state index contributed by atoms with van der Waals surface area (Å²) in [7, 11) is 0. The lowest BCUT2D eigenvalue weighted by Gasteiger charge is -2.33. The zero-order valence-electron chi connectivity index (χ0n) is 26.2. The fourth-order valence-electron chi connectivity index (χ4n) is 5.35. The highest BCUT2D eigenvalue weighted by Gasteiger charge is 2.39. The summed E-state index contributed by atoms with van der Waals surface area (Å²) in [5.74, 6) is -3.01. The van der Waals surface area contributed by atoms with Gasteiger partial charge in [0, 0.05) is 6.61 Å². The molecule has 0 saturated carbocycles. The van der Waals surface area contributed by atoms with Crippen molar-refractivity contribution in [2.45, 2.75) is 79.0 Å². The Morgan fingerprint density at radius 3 is 2.19 bits per heavy atom. The molecule has 4 unspecified atom stereocenters. The molecule has 0 fully saturated rings. The standard InChI is InChI=1S/C36H46N2O5/c1-7-43-31(35(41)42)30(22-14-19-27-18-11-12-21-29(27)28-20-13-15-24(2)23-28)33(39)38-32(36(4,5)6)34(40)37-25(3)26-16-9-8-10-17-26/h8-13,15-18,20-21,23,25,30-32H,7,14,19,22H2,1-6H3,(H,37,40)(H,38,39)(H,41,42). The summed E-state index contributed by atoms with van der Waals surface area (Å²) >= 11 is 0. The number of carboxylic acids is 1. The van der Waals surface area contributed by atoms with Crippen LogP contribution in [0.5, 0.6) is 0 Å². The van der Waals surface area contributed by atoms with Crippen molar-refractivity contribution >= 4 is 17.8 Å². The summed E-state index contributed by atoms with van der Waals surface area (Å²) in [6, 6.07) is 24.9. The second-order valence-corrected chi connectivity index (χ2v) is 12.2. The summed E-state index contributed by atoms with van der Waals surface area (Å²) in [6.07, 6.45) is 0.173. The van der Waals surface area contributed by atoms with E-state index >= 15 is 0 Å². The van der Waals surface area contributed by atoms with E-state index in [1.165, 1.54) is 5.56 Å². The van der Waals surface area contributed by atoms with Crippen molar-refractivity contribution in [3.8, 4) is 11.1 Å². The van der Waals surface area contributed by atoms with Gasteiger partial charge in [-0.1, -0.05) is 105 Å². The Morgan fingerprint density at radius 2 is 1.56 bits per heavy atom. The lowest BCUT2D eigenvalue weighted by Crippen LogP contribution is -2.56. The quantitative estimate of drug-likeness (QED) is 0.200. The number of carbonyl (C=O) groups is 3. The topological polar surface area (TPSA) is 105 Å². The minimum absolute atomic E-state index is 0.148. The molecule has 0 spiro atoms. The molecule has 3 N–H and O–H groups in total. The predicted octanol–water partition coefficient (Wildman–Crippen LogP) is 6.50. The highest BCUT2D eigenvalue weighted by Crippen LogP contribution is 2.28. The van der Waals surface area contributed by atoms with Crippen LogP contribution in [0.25, 0.3) is 11.1 Å². The van der Waals surface area contributed by atoms with Gasteiger partial charge in [0.1, 0.15) is 6.04 Å². The minimum Gasteiger partial charge on any atom is -0.479 e. The fraction of sp³-hybridized carbons (Fsp3) is 0.417. The summed E-state index contributed by atoms with van der Waals surface area (Å²) < 4.78 is 5.58. The summed E-state index contributed by atoms with van der Waals surface area (Å²) in [6.45, 7) is 11.4. The van der Waals surface area contributed by atoms with Crippen molar-refractivity contribution in [2.75, 3.05) is 6.61 Å². The molecule has 0 aromatic heterocycles. The van der Waals surface area contributed by atoms with E-state index in [1.54, 1.807) is 6.92 Å². The Hall–Kier alpha value is -3.97. The molecule has 3 aromatic rings. The van der Waals surface area contributed by atoms with Crippen LogP contribution in [0.2, 0.25) is 0 Å². The maximum absolute atomic E-state index is 13.8. The number of ether oxygens (including phenoxy) is 1. The molecule has 0 heterocycles. The van der Waals surface area contributed by atoms with Gasteiger partial charge in [-0.2, -0.15) is 0 Å². The Morgan fingerprint density at radius 1 is 0.884 bits per heavy atom. The van der Waals surface area contributed by atoms with Crippen molar-refractivity contribution in [2.24, 2.45) is 11.3 Å². The molecule has 0 radical (unpaired) electrons. The second kappa shape index (κ2) is 15.5. The smallest absolute Gasteiger partial charge is 0.333 e. The number of benzene rings is 3. The SMILES string of the molecule is CCOC(C(=O)O)C(CCCc1ccccc1-c1cccc(C)c1)C(=O)NC(C(=O)NC(C)c1ccccc1)C(C)(C)C. The molecular formula is C36H46N2O5. The van der Waals surface area contributed by atoms with Crippen LogP contribution in [-0.4, -0.2) is 41.6 Å². The molecule has 43 heavy (non-hydrogen) atoms. The molecule has 7 nitrogen and oxygen atoms in total. The normalized spacial score (nSPS) is 14.3. The number of rotatable bonds is 14. The molecule has 3 rings (SSSR count). The second-order valence-electron chi connectivity index (χ2n) is 12.2. The van der Waals surface area contributed by atoms with E-state index in [0.29, 0.717) is 12.8 Å². The Kier molecular flexibility index (Phi) is 12.1. The first-order valence-corrected chi connectivity index (χ1v) is 15.1. The van der Waals surface area contributed by atoms with E-state index in [9.17, 15) is 19.5 Å². The number of aliphatic carboxylic acids is 1. The summed E-state index contributed by atoms with van der Waals surface area (Å²) in [5.41, 5.74) is 4.84. The first-order chi connectivity index (χ1) is 20.4. The van der Waals surface area contributed by atoms with Crippen LogP contribution in [0, 0.1) is 18.3 Å². The van der Waals surface area contributed by atoms with Gasteiger partial charge < -0.3 is 20.5 Å². The average molecular weight is 587 g/mol. The number of carbonyl (C=O) groups excluding carboxylic acids is 2. The molecule has 2 amide bonds. The van der Waals surface area contributed by atoms with Gasteiger partial charge >= 0.3 is 5.97 Å². The third kappa shape index (κ3) is 9.52. The first-order valence-electron chi connectivity index (χ1n) is 15.1. The summed E-state index contributed by atoms with van der Waals surface area (Å²) in [4.78, 5) is 39.6. The van der Waals surface area contributed by atoms with Crippen LogP contribution >= 0.6 is 0 Å². The van der Waals surface area contributed by atoms with Crippen molar-refractivity contribution < 1.29 is 24.2 Å². The van der Waals surface area contributed by atoms with E-state index in [2.05, 4.69) is 47.9 Å². The number of hydrogen-bond acceptors (Lipinski definition) is 4. The van der Waals surface area contributed by atoms with Gasteiger partial charge in [0.2, 0.25) is 11.8 Å². The van der Waals surface area contributed by atoms with E-state index in [-0.39, 0.29) is 25.0 Å². The third-order valence-corrected chi connectivity index (χ3v) is 7.67. The van der Waals surface area contributed by atoms with Crippen LogP contribution in [0.4, 0.5) is 0 Å². The van der Waals surface area contributed by atoms with E-state index in [0.717, 1.165) is 22.3 Å². The largest absolute Gasteiger partial charge is 0.479 e. The number of amides is 2. The Labute approximate surface area is 256 Å². The number of aryl methyl sites for hydroxylation is 2. The Bertz CT molecular complexity index is 1370. The van der Waals surface area contributed by atoms with Gasteiger partial charge in [-0.15, -0.1) is 0 Å². The van der Waals surface area contributed by atoms with Crippen molar-refractivity contribution in [3.63, 3.8) is 0 Å². The zero-order valence-corrected chi connectivity index (χ0v) is 26.2. The monoisotopic (exact) mass is 586 g/mol. The van der Waals surface area contributed by atoms with Crippen molar-refractivity contribution in [1.29, 1.82) is 0 Å². The van der Waals surface area contributed by atoms with Crippen molar-refractivity contribution in [1.82, 2.24) is 10.6 Å². The molecular weight excluding hydrogens is 540 g/mol. The molecule has 230 valence electrons. The molecule has 0 aliphatic heterocycles. The maximum atomic E-state index is 13.8. The molecule has 3 aromatic carbocycles. The van der Waals surface area contributed by atoms with E-state index < -0.39 is 35.4 Å². The van der Waals surface area contributed by atoms with Gasteiger partial charge in [-0.05, 0) is 67.7 Å². The first kappa shape index (κ1) is 33.5. The van der Waals surface area contributed by atoms with E-state index in [4.69, 9.17) is 4.74 Å². The molecule has 0 bridgehead atoms. The minimum atomic E-state index is -1.33. The lowest BCUT2D eigenvalue weighted by molar-refractivity contribution is -0.158. The van der Waals surface area contributed by atoms with Crippen LogP contribution in [0.15, 0.2) is 78.9 Å². The maximum Gasteiger partial charge on any atom is 0.333 e. The van der Waals surface area contributed by atoms with E-state index in [1.807, 2.05) is 76.2 Å². The van der Waals surface area contributed by atoms with Crippen molar-refractivity contribution in [3.05, 3.63) is 95.6 Å². The van der Waals surface area contributed by atoms with Crippen LogP contribution < -0.4 is 10.6 Å². The summed E-state index contributed by atoms with van der Waals surface area (Å²) in [5, 5.41) is 15.9. The van der Waals surface area contributed by atoms with Crippen LogP contribution in [0.1, 0.15) is 70.2 Å². The van der Waals surface area contributed by atoms with Gasteiger partial charge in [0.05, 0.1) is 12.0 Å². The fourth-order valence-corrected chi connectivity index (χ4v) is 5.35. The van der Waals surface area contributed by atoms with Gasteiger partial charge in [-0.3, -0.25) is 9.59 Å². The molecule has 0 aliphatic carbocycles. The Balaban J connectivity index is 1.80. The lowest BCUT2D eigenvalue weighted by atomic mass is 9.84. The highest BCUT2D eigenvalue weighted by molar-refractivity contribution is 5.91.